The van der Waals surface area contributed by atoms with Gasteiger partial charge in [0.05, 0.1) is 41.1 Å². The number of benzene rings is 1. The fourth-order valence-corrected chi connectivity index (χ4v) is 5.11. The minimum Gasteiger partial charge on any atom is -0.328 e. The second-order valence-electron chi connectivity index (χ2n) is 8.13. The third-order valence-electron chi connectivity index (χ3n) is 5.82. The van der Waals surface area contributed by atoms with E-state index in [1.807, 2.05) is 18.2 Å². The molecular formula is C23H20ClF3N5OS+. The lowest BCUT2D eigenvalue weighted by atomic mass is 10.2. The van der Waals surface area contributed by atoms with Crippen LogP contribution in [0.4, 0.5) is 13.2 Å². The lowest BCUT2D eigenvalue weighted by Crippen LogP contribution is -3.13. The Morgan fingerprint density at radius 2 is 1.82 bits per heavy atom. The van der Waals surface area contributed by atoms with Crippen LogP contribution in [0.15, 0.2) is 54.6 Å². The second kappa shape index (κ2) is 9.01. The van der Waals surface area contributed by atoms with E-state index in [1.54, 1.807) is 17.0 Å². The van der Waals surface area contributed by atoms with Gasteiger partial charge in [-0.25, -0.2) is 9.50 Å². The van der Waals surface area contributed by atoms with E-state index < -0.39 is 17.8 Å². The Morgan fingerprint density at radius 3 is 2.47 bits per heavy atom. The molecule has 4 aromatic rings. The molecule has 1 saturated heterocycles. The molecule has 0 unspecified atom stereocenters. The van der Waals surface area contributed by atoms with Crippen LogP contribution in [0.3, 0.4) is 0 Å². The first kappa shape index (κ1) is 22.8. The SMILES string of the molecule is O=C(c1cc2nc(-c3ccc(Cl)s3)cc(C(F)(F)F)n2n1)N1CC[NH+](Cc2ccccc2)CC1. The van der Waals surface area contributed by atoms with Crippen LogP contribution in [0.5, 0.6) is 0 Å². The van der Waals surface area contributed by atoms with Gasteiger partial charge in [0.25, 0.3) is 5.91 Å². The van der Waals surface area contributed by atoms with Crippen LogP contribution in [-0.4, -0.2) is 51.6 Å². The van der Waals surface area contributed by atoms with Crippen LogP contribution in [0.2, 0.25) is 4.34 Å². The van der Waals surface area contributed by atoms with E-state index in [4.69, 9.17) is 11.6 Å². The number of quaternary nitrogens is 1. The molecule has 0 saturated carbocycles. The van der Waals surface area contributed by atoms with Crippen molar-refractivity contribution in [3.8, 4) is 10.6 Å². The van der Waals surface area contributed by atoms with Gasteiger partial charge in [0.15, 0.2) is 17.0 Å². The van der Waals surface area contributed by atoms with Crippen LogP contribution < -0.4 is 4.90 Å². The van der Waals surface area contributed by atoms with Crippen LogP contribution in [0.25, 0.3) is 16.2 Å². The van der Waals surface area contributed by atoms with Crippen LogP contribution in [-0.2, 0) is 12.7 Å². The molecule has 3 aromatic heterocycles. The largest absolute Gasteiger partial charge is 0.433 e. The van der Waals surface area contributed by atoms with Gasteiger partial charge in [-0.2, -0.15) is 18.3 Å². The van der Waals surface area contributed by atoms with E-state index in [0.29, 0.717) is 26.8 Å². The summed E-state index contributed by atoms with van der Waals surface area (Å²) >= 11 is 7.08. The van der Waals surface area contributed by atoms with Crippen molar-refractivity contribution in [2.24, 2.45) is 0 Å². The number of amides is 1. The number of halogens is 4. The molecule has 1 fully saturated rings. The topological polar surface area (TPSA) is 54.9 Å². The number of thiophene rings is 1. The molecule has 34 heavy (non-hydrogen) atoms. The van der Waals surface area contributed by atoms with E-state index >= 15 is 0 Å². The molecule has 0 radical (unpaired) electrons. The molecule has 4 heterocycles. The summed E-state index contributed by atoms with van der Waals surface area (Å²) in [6, 6.07) is 15.6. The normalized spacial score (nSPS) is 15.2. The first-order valence-electron chi connectivity index (χ1n) is 10.7. The van der Waals surface area contributed by atoms with Crippen LogP contribution in [0.1, 0.15) is 21.7 Å². The van der Waals surface area contributed by atoms with Crippen molar-refractivity contribution in [2.75, 3.05) is 26.2 Å². The molecule has 1 aromatic carbocycles. The van der Waals surface area contributed by atoms with E-state index in [9.17, 15) is 18.0 Å². The number of hydrogen-bond donors (Lipinski definition) is 1. The minimum absolute atomic E-state index is 0.0361. The summed E-state index contributed by atoms with van der Waals surface area (Å²) in [7, 11) is 0. The van der Waals surface area contributed by atoms with Crippen molar-refractivity contribution in [1.82, 2.24) is 19.5 Å². The van der Waals surface area contributed by atoms with Crippen LogP contribution in [0, 0.1) is 0 Å². The Labute approximate surface area is 202 Å². The maximum absolute atomic E-state index is 13.8. The molecule has 11 heteroatoms. The molecule has 176 valence electrons. The maximum Gasteiger partial charge on any atom is 0.433 e. The predicted molar refractivity (Wildman–Crippen MR) is 123 cm³/mol. The Bertz CT molecular complexity index is 1330. The number of rotatable bonds is 4. The van der Waals surface area contributed by atoms with Gasteiger partial charge in [0.2, 0.25) is 0 Å². The number of fused-ring (bicyclic) bond motifs is 1. The number of carbonyl (C=O) groups excluding carboxylic acids is 1. The molecule has 1 aliphatic heterocycles. The summed E-state index contributed by atoms with van der Waals surface area (Å²) in [5.41, 5.74) is 0.282. The second-order valence-corrected chi connectivity index (χ2v) is 9.85. The highest BCUT2D eigenvalue weighted by atomic mass is 35.5. The summed E-state index contributed by atoms with van der Waals surface area (Å²) in [6.45, 7) is 3.39. The molecule has 5 rings (SSSR count). The van der Waals surface area contributed by atoms with Gasteiger partial charge >= 0.3 is 6.18 Å². The van der Waals surface area contributed by atoms with Crippen molar-refractivity contribution < 1.29 is 22.9 Å². The van der Waals surface area contributed by atoms with Crippen molar-refractivity contribution in [2.45, 2.75) is 12.7 Å². The molecule has 0 bridgehead atoms. The van der Waals surface area contributed by atoms with Gasteiger partial charge in [-0.05, 0) is 18.2 Å². The average Bonchev–Trinajstić information content (AvgIpc) is 3.44. The van der Waals surface area contributed by atoms with Crippen molar-refractivity contribution >= 4 is 34.5 Å². The van der Waals surface area contributed by atoms with Gasteiger partial charge in [0, 0.05) is 11.6 Å². The van der Waals surface area contributed by atoms with Gasteiger partial charge < -0.3 is 9.80 Å². The number of nitrogens with zero attached hydrogens (tertiary/aromatic N) is 4. The van der Waals surface area contributed by atoms with Gasteiger partial charge in [-0.15, -0.1) is 11.3 Å². The number of hydrogen-bond acceptors (Lipinski definition) is 4. The van der Waals surface area contributed by atoms with Gasteiger partial charge in [-0.3, -0.25) is 4.79 Å². The maximum atomic E-state index is 13.8. The highest BCUT2D eigenvalue weighted by Crippen LogP contribution is 2.35. The summed E-state index contributed by atoms with van der Waals surface area (Å²) in [5, 5.41) is 3.99. The zero-order valence-corrected chi connectivity index (χ0v) is 19.4. The average molecular weight is 507 g/mol. The highest BCUT2D eigenvalue weighted by molar-refractivity contribution is 7.19. The number of alkyl halides is 3. The Morgan fingerprint density at radius 1 is 1.09 bits per heavy atom. The molecule has 0 atom stereocenters. The summed E-state index contributed by atoms with van der Waals surface area (Å²) in [6.07, 6.45) is -4.67. The molecule has 0 aliphatic carbocycles. The fraction of sp³-hybridized carbons (Fsp3) is 0.261. The lowest BCUT2D eigenvalue weighted by molar-refractivity contribution is -0.917. The van der Waals surface area contributed by atoms with Gasteiger partial charge in [0.1, 0.15) is 6.54 Å². The number of nitrogens with one attached hydrogen (secondary N) is 1. The Balaban J connectivity index is 1.38. The van der Waals surface area contributed by atoms with Gasteiger partial charge in [-0.1, -0.05) is 41.9 Å². The van der Waals surface area contributed by atoms with Crippen molar-refractivity contribution in [3.63, 3.8) is 0 Å². The summed E-state index contributed by atoms with van der Waals surface area (Å²) in [4.78, 5) is 20.9. The number of piperazine rings is 1. The monoisotopic (exact) mass is 506 g/mol. The molecule has 1 aliphatic rings. The molecule has 0 spiro atoms. The smallest absolute Gasteiger partial charge is 0.328 e. The standard InChI is InChI=1S/C23H19ClF3N5OS/c24-20-7-6-18(34-20)16-12-19(23(25,26)27)32-21(28-16)13-17(29-32)22(33)31-10-8-30(9-11-31)14-15-4-2-1-3-5-15/h1-7,12-13H,8-11,14H2/p+1. The van der Waals surface area contributed by atoms with E-state index in [1.165, 1.54) is 16.5 Å². The fourth-order valence-electron chi connectivity index (χ4n) is 4.11. The van der Waals surface area contributed by atoms with Crippen molar-refractivity contribution in [1.29, 1.82) is 0 Å². The highest BCUT2D eigenvalue weighted by Gasteiger charge is 2.36. The summed E-state index contributed by atoms with van der Waals surface area (Å²) < 4.78 is 42.5. The first-order chi connectivity index (χ1) is 16.3. The number of carbonyl (C=O) groups is 1. The summed E-state index contributed by atoms with van der Waals surface area (Å²) in [5.74, 6) is -0.391. The van der Waals surface area contributed by atoms with Crippen molar-refractivity contribution in [3.05, 3.63) is 75.9 Å². The Hall–Kier alpha value is -2.95. The predicted octanol–water partition coefficient (Wildman–Crippen LogP) is 3.67. The molecular weight excluding hydrogens is 487 g/mol. The molecule has 6 nitrogen and oxygen atoms in total. The van der Waals surface area contributed by atoms with E-state index in [-0.39, 0.29) is 17.0 Å². The zero-order chi connectivity index (χ0) is 23.9. The zero-order valence-electron chi connectivity index (χ0n) is 17.8. The number of aromatic nitrogens is 3. The molecule has 1 N–H and O–H groups in total. The Kier molecular flexibility index (Phi) is 6.05. The van der Waals surface area contributed by atoms with E-state index in [2.05, 4.69) is 22.2 Å². The molecule has 1 amide bonds. The third kappa shape index (κ3) is 4.66. The minimum atomic E-state index is -4.67. The lowest BCUT2D eigenvalue weighted by Gasteiger charge is -2.31. The van der Waals surface area contributed by atoms with Crippen LogP contribution >= 0.6 is 22.9 Å². The first-order valence-corrected chi connectivity index (χ1v) is 11.9. The quantitative estimate of drug-likeness (QED) is 0.459. The van der Waals surface area contributed by atoms with E-state index in [0.717, 1.165) is 37.0 Å². The third-order valence-corrected chi connectivity index (χ3v) is 7.07.